The van der Waals surface area contributed by atoms with Crippen molar-refractivity contribution in [1.82, 2.24) is 4.57 Å². The average Bonchev–Trinajstić information content (AvgIpc) is 3.45. The highest BCUT2D eigenvalue weighted by Gasteiger charge is 2.23. The van der Waals surface area contributed by atoms with Crippen molar-refractivity contribution in [2.24, 2.45) is 0 Å². The Labute approximate surface area is 296 Å². The summed E-state index contributed by atoms with van der Waals surface area (Å²) in [5, 5.41) is 4.95. The fraction of sp³-hybridized carbons (Fsp3) is 0.167. The molecule has 0 aliphatic heterocycles. The van der Waals surface area contributed by atoms with Crippen LogP contribution in [0.5, 0.6) is 0 Å². The third-order valence-corrected chi connectivity index (χ3v) is 10.1. The van der Waals surface area contributed by atoms with Gasteiger partial charge in [0.25, 0.3) is 0 Å². The fourth-order valence-electron chi connectivity index (χ4n) is 7.25. The summed E-state index contributed by atoms with van der Waals surface area (Å²) in [6.07, 6.45) is 0. The first-order chi connectivity index (χ1) is 24.1. The van der Waals surface area contributed by atoms with E-state index in [-0.39, 0.29) is 10.8 Å². The Morgan fingerprint density at radius 2 is 0.980 bits per heavy atom. The molecule has 0 saturated heterocycles. The van der Waals surface area contributed by atoms with Gasteiger partial charge >= 0.3 is 0 Å². The van der Waals surface area contributed by atoms with Gasteiger partial charge < -0.3 is 9.47 Å². The van der Waals surface area contributed by atoms with E-state index in [9.17, 15) is 0 Å². The van der Waals surface area contributed by atoms with Gasteiger partial charge in [-0.15, -0.1) is 0 Å². The molecule has 2 nitrogen and oxygen atoms in total. The highest BCUT2D eigenvalue weighted by molar-refractivity contribution is 6.11. The molecule has 0 bridgehead atoms. The Hall–Kier alpha value is -5.60. The lowest BCUT2D eigenvalue weighted by Gasteiger charge is -2.28. The van der Waals surface area contributed by atoms with Crippen LogP contribution in [0.25, 0.3) is 49.4 Å². The zero-order valence-corrected chi connectivity index (χ0v) is 29.9. The van der Waals surface area contributed by atoms with Crippen molar-refractivity contribution in [2.75, 3.05) is 4.90 Å². The van der Waals surface area contributed by atoms with Gasteiger partial charge in [-0.2, -0.15) is 0 Å². The van der Waals surface area contributed by atoms with Crippen molar-refractivity contribution >= 4 is 49.6 Å². The maximum Gasteiger partial charge on any atom is 0.0561 e. The minimum Gasteiger partial charge on any atom is -0.310 e. The van der Waals surface area contributed by atoms with Crippen LogP contribution < -0.4 is 4.90 Å². The van der Waals surface area contributed by atoms with Crippen molar-refractivity contribution in [3.8, 4) is 16.8 Å². The van der Waals surface area contributed by atoms with E-state index < -0.39 is 0 Å². The van der Waals surface area contributed by atoms with E-state index in [0.29, 0.717) is 0 Å². The normalized spacial score (nSPS) is 12.2. The maximum atomic E-state index is 2.48. The molecule has 0 aliphatic rings. The topological polar surface area (TPSA) is 8.17 Å². The van der Waals surface area contributed by atoms with Crippen molar-refractivity contribution < 1.29 is 0 Å². The van der Waals surface area contributed by atoms with Crippen LogP contribution in [-0.2, 0) is 10.8 Å². The molecule has 0 fully saturated rings. The van der Waals surface area contributed by atoms with Crippen LogP contribution in [0.2, 0.25) is 0 Å². The highest BCUT2D eigenvalue weighted by atomic mass is 15.1. The minimum absolute atomic E-state index is 0.0109. The molecule has 0 N–H and O–H groups in total. The molecule has 50 heavy (non-hydrogen) atoms. The highest BCUT2D eigenvalue weighted by Crippen LogP contribution is 2.43. The molecular weight excluding hydrogens is 605 g/mol. The van der Waals surface area contributed by atoms with E-state index >= 15 is 0 Å². The number of fused-ring (bicyclic) bond motifs is 4. The average molecular weight is 649 g/mol. The lowest BCUT2D eigenvalue weighted by atomic mass is 9.80. The second kappa shape index (κ2) is 12.1. The van der Waals surface area contributed by atoms with Crippen molar-refractivity contribution in [3.05, 3.63) is 169 Å². The van der Waals surface area contributed by atoms with Crippen LogP contribution in [-0.4, -0.2) is 4.57 Å². The second-order valence-electron chi connectivity index (χ2n) is 15.6. The molecular formula is C48H44N2. The van der Waals surface area contributed by atoms with Crippen LogP contribution in [0.15, 0.2) is 158 Å². The molecule has 7 aromatic carbocycles. The molecule has 0 radical (unpaired) electrons. The van der Waals surface area contributed by atoms with Gasteiger partial charge in [-0.1, -0.05) is 151 Å². The Bertz CT molecular complexity index is 2450. The number of nitrogens with zero attached hydrogens (tertiary/aromatic N) is 2. The van der Waals surface area contributed by atoms with Crippen LogP contribution in [0, 0.1) is 0 Å². The smallest absolute Gasteiger partial charge is 0.0561 e. The number of hydrogen-bond acceptors (Lipinski definition) is 1. The van der Waals surface area contributed by atoms with E-state index in [0.717, 1.165) is 17.1 Å². The first kappa shape index (κ1) is 31.7. The van der Waals surface area contributed by atoms with Crippen molar-refractivity contribution in [3.63, 3.8) is 0 Å². The van der Waals surface area contributed by atoms with Crippen LogP contribution in [0.3, 0.4) is 0 Å². The Kier molecular flexibility index (Phi) is 7.64. The number of hydrogen-bond donors (Lipinski definition) is 0. The summed E-state index contributed by atoms with van der Waals surface area (Å²) in [5.41, 5.74) is 12.1. The zero-order valence-electron chi connectivity index (χ0n) is 29.9. The van der Waals surface area contributed by atoms with E-state index in [4.69, 9.17) is 0 Å². The molecule has 0 amide bonds. The molecule has 246 valence electrons. The third-order valence-electron chi connectivity index (χ3n) is 10.1. The van der Waals surface area contributed by atoms with Crippen molar-refractivity contribution in [1.29, 1.82) is 0 Å². The van der Waals surface area contributed by atoms with Gasteiger partial charge in [0.2, 0.25) is 0 Å². The minimum atomic E-state index is 0.0109. The first-order valence-electron chi connectivity index (χ1n) is 17.7. The largest absolute Gasteiger partial charge is 0.310 e. The molecule has 1 aromatic heterocycles. The van der Waals surface area contributed by atoms with Gasteiger partial charge in [0.15, 0.2) is 0 Å². The molecule has 0 unspecified atom stereocenters. The van der Waals surface area contributed by atoms with E-state index in [1.54, 1.807) is 0 Å². The van der Waals surface area contributed by atoms with E-state index in [2.05, 4.69) is 209 Å². The molecule has 8 aromatic rings. The van der Waals surface area contributed by atoms with Gasteiger partial charge in [-0.05, 0) is 87.0 Å². The summed E-state index contributed by atoms with van der Waals surface area (Å²) in [5.74, 6) is 0. The number of aromatic nitrogens is 1. The summed E-state index contributed by atoms with van der Waals surface area (Å²) in [6.45, 7) is 13.9. The predicted molar refractivity (Wildman–Crippen MR) is 216 cm³/mol. The molecule has 1 heterocycles. The molecule has 0 spiro atoms. The number of rotatable bonds is 5. The van der Waals surface area contributed by atoms with Crippen LogP contribution in [0.4, 0.5) is 17.1 Å². The van der Waals surface area contributed by atoms with Crippen LogP contribution in [0.1, 0.15) is 52.7 Å². The molecule has 0 aliphatic carbocycles. The van der Waals surface area contributed by atoms with Gasteiger partial charge in [-0.25, -0.2) is 0 Å². The first-order valence-corrected chi connectivity index (χ1v) is 17.7. The maximum absolute atomic E-state index is 2.48. The monoisotopic (exact) mass is 648 g/mol. The fourth-order valence-corrected chi connectivity index (χ4v) is 7.25. The third kappa shape index (κ3) is 5.65. The standard InChI is InChI=1S/C48H44N2/c1-47(2,3)36-29-37(48(4,5)6)31-40(30-36)50-45-21-13-12-20-42(45)43-28-27-39(32-46(43)50)49(44-22-14-18-35-17-10-11-19-41(35)44)38-25-23-34(24-26-38)33-15-8-7-9-16-33/h7-32H,1-6H3. The Morgan fingerprint density at radius 1 is 0.420 bits per heavy atom. The summed E-state index contributed by atoms with van der Waals surface area (Å²) in [4.78, 5) is 2.42. The lowest BCUT2D eigenvalue weighted by Crippen LogP contribution is -2.17. The van der Waals surface area contributed by atoms with Gasteiger partial charge in [0.1, 0.15) is 0 Å². The molecule has 2 heteroatoms. The van der Waals surface area contributed by atoms with Crippen LogP contribution >= 0.6 is 0 Å². The summed E-state index contributed by atoms with van der Waals surface area (Å²) in [7, 11) is 0. The van der Waals surface area contributed by atoms with E-state index in [1.165, 1.54) is 60.5 Å². The van der Waals surface area contributed by atoms with Gasteiger partial charge in [0.05, 0.1) is 16.7 Å². The Balaban J connectivity index is 1.39. The number of anilines is 3. The van der Waals surface area contributed by atoms with Gasteiger partial charge in [-0.3, -0.25) is 0 Å². The summed E-state index contributed by atoms with van der Waals surface area (Å²) < 4.78 is 2.48. The SMILES string of the molecule is CC(C)(C)c1cc(-n2c3ccccc3c3ccc(N(c4ccc(-c5ccccc5)cc4)c4cccc5ccccc45)cc32)cc(C(C)(C)C)c1. The van der Waals surface area contributed by atoms with Gasteiger partial charge in [0, 0.05) is 33.2 Å². The number of para-hydroxylation sites is 1. The summed E-state index contributed by atoms with van der Waals surface area (Å²) in [6, 6.07) is 58.0. The van der Waals surface area contributed by atoms with E-state index in [1.807, 2.05) is 0 Å². The predicted octanol–water partition coefficient (Wildman–Crippen LogP) is 13.7. The second-order valence-corrected chi connectivity index (χ2v) is 15.6. The number of benzene rings is 7. The lowest BCUT2D eigenvalue weighted by molar-refractivity contribution is 0.568. The zero-order chi connectivity index (χ0) is 34.6. The van der Waals surface area contributed by atoms with Crippen molar-refractivity contribution in [2.45, 2.75) is 52.4 Å². The quantitative estimate of drug-likeness (QED) is 0.180. The molecule has 8 rings (SSSR count). The summed E-state index contributed by atoms with van der Waals surface area (Å²) >= 11 is 0. The molecule has 0 atom stereocenters. The molecule has 0 saturated carbocycles. The Morgan fingerprint density at radius 3 is 1.68 bits per heavy atom.